The number of unbranched alkanes of at least 4 members (excludes halogenated alkanes) is 3. The number of hydrogen-bond donors (Lipinski definition) is 0. The number of carbonyl (C=O) groups is 2. The zero-order valence-electron chi connectivity index (χ0n) is 16.1. The fraction of sp³-hybridized carbons (Fsp3) is 0.895. The molecule has 2 aliphatic rings. The van der Waals surface area contributed by atoms with Crippen LogP contribution in [0.1, 0.15) is 78.6 Å². The van der Waals surface area contributed by atoms with Gasteiger partial charge in [-0.2, -0.15) is 0 Å². The lowest BCUT2D eigenvalue weighted by molar-refractivity contribution is -0.153. The van der Waals surface area contributed by atoms with Crippen LogP contribution >= 0.6 is 0 Å². The lowest BCUT2D eigenvalue weighted by Crippen LogP contribution is -2.55. The minimum Gasteiger partial charge on any atom is -0.466 e. The molecule has 1 atom stereocenters. The Morgan fingerprint density at radius 2 is 1.84 bits per heavy atom. The molecule has 1 unspecified atom stereocenters. The molecule has 6 nitrogen and oxygen atoms in total. The number of amides is 1. The minimum absolute atomic E-state index is 0.440. The van der Waals surface area contributed by atoms with Gasteiger partial charge in [-0.25, -0.2) is 9.59 Å². The fourth-order valence-corrected chi connectivity index (χ4v) is 3.99. The first-order valence-electron chi connectivity index (χ1n) is 9.59. The molecule has 0 aromatic rings. The molecule has 25 heavy (non-hydrogen) atoms. The second-order valence-electron chi connectivity index (χ2n) is 7.83. The van der Waals surface area contributed by atoms with Crippen molar-refractivity contribution in [1.29, 1.82) is 0 Å². The standard InChI is InChI=1S/C19H33NO5/c1-5-6-7-8-11-15(16(21)23-4)25-17(22)20-18(2,3)14-24-19(20)12-9-10-13-19/h15H,5-14H2,1-4H3. The molecule has 0 N–H and O–H groups in total. The van der Waals surface area contributed by atoms with Crippen molar-refractivity contribution in [3.05, 3.63) is 0 Å². The highest BCUT2D eigenvalue weighted by molar-refractivity contribution is 5.79. The van der Waals surface area contributed by atoms with Crippen molar-refractivity contribution in [2.75, 3.05) is 13.7 Å². The van der Waals surface area contributed by atoms with Crippen LogP contribution in [0.2, 0.25) is 0 Å². The molecule has 6 heteroatoms. The monoisotopic (exact) mass is 355 g/mol. The van der Waals surface area contributed by atoms with E-state index in [2.05, 4.69) is 6.92 Å². The van der Waals surface area contributed by atoms with Crippen LogP contribution < -0.4 is 0 Å². The van der Waals surface area contributed by atoms with Gasteiger partial charge in [0.25, 0.3) is 0 Å². The summed E-state index contributed by atoms with van der Waals surface area (Å²) in [6, 6.07) is 0. The molecule has 0 aromatic heterocycles. The summed E-state index contributed by atoms with van der Waals surface area (Å²) in [5, 5.41) is 0. The third kappa shape index (κ3) is 4.46. The van der Waals surface area contributed by atoms with E-state index in [1.807, 2.05) is 13.8 Å². The van der Waals surface area contributed by atoms with E-state index in [0.29, 0.717) is 13.0 Å². The SMILES string of the molecule is CCCCCCC(OC(=O)N1C(C)(C)COC12CCCC2)C(=O)OC. The van der Waals surface area contributed by atoms with Crippen molar-refractivity contribution in [2.45, 2.75) is 95.9 Å². The van der Waals surface area contributed by atoms with Crippen LogP contribution in [-0.2, 0) is 19.0 Å². The van der Waals surface area contributed by atoms with E-state index < -0.39 is 29.4 Å². The number of nitrogens with zero attached hydrogens (tertiary/aromatic N) is 1. The number of esters is 1. The highest BCUT2D eigenvalue weighted by Crippen LogP contribution is 2.46. The Labute approximate surface area is 151 Å². The van der Waals surface area contributed by atoms with Gasteiger partial charge in [0.2, 0.25) is 6.10 Å². The largest absolute Gasteiger partial charge is 0.466 e. The summed E-state index contributed by atoms with van der Waals surface area (Å²) in [5.74, 6) is -0.483. The molecule has 1 saturated heterocycles. The number of carbonyl (C=O) groups excluding carboxylic acids is 2. The van der Waals surface area contributed by atoms with Crippen LogP contribution in [-0.4, -0.2) is 48.0 Å². The van der Waals surface area contributed by atoms with Gasteiger partial charge in [-0.05, 0) is 52.4 Å². The minimum atomic E-state index is -0.843. The van der Waals surface area contributed by atoms with Crippen LogP contribution in [0.3, 0.4) is 0 Å². The molecule has 1 amide bonds. The van der Waals surface area contributed by atoms with E-state index in [4.69, 9.17) is 14.2 Å². The highest BCUT2D eigenvalue weighted by atomic mass is 16.6. The van der Waals surface area contributed by atoms with Crippen LogP contribution in [0.5, 0.6) is 0 Å². The third-order valence-corrected chi connectivity index (χ3v) is 5.30. The molecule has 1 heterocycles. The highest BCUT2D eigenvalue weighted by Gasteiger charge is 2.56. The summed E-state index contributed by atoms with van der Waals surface area (Å²) in [6.07, 6.45) is 7.00. The lowest BCUT2D eigenvalue weighted by atomic mass is 10.0. The normalized spacial score (nSPS) is 22.2. The summed E-state index contributed by atoms with van der Waals surface area (Å²) >= 11 is 0. The Morgan fingerprint density at radius 1 is 1.16 bits per heavy atom. The van der Waals surface area contributed by atoms with Crippen LogP contribution in [0.15, 0.2) is 0 Å². The summed E-state index contributed by atoms with van der Waals surface area (Å²) in [7, 11) is 1.33. The topological polar surface area (TPSA) is 65.1 Å². The molecule has 2 rings (SSSR count). The summed E-state index contributed by atoms with van der Waals surface area (Å²) in [5.41, 5.74) is -1.01. The Kier molecular flexibility index (Phi) is 6.72. The Bertz CT molecular complexity index is 470. The van der Waals surface area contributed by atoms with Gasteiger partial charge in [-0.3, -0.25) is 4.90 Å². The van der Waals surface area contributed by atoms with Crippen molar-refractivity contribution >= 4 is 12.1 Å². The van der Waals surface area contributed by atoms with E-state index in [1.54, 1.807) is 4.90 Å². The first kappa shape index (κ1) is 20.0. The average molecular weight is 355 g/mol. The van der Waals surface area contributed by atoms with Crippen molar-refractivity contribution in [3.63, 3.8) is 0 Å². The molecule has 0 aromatic carbocycles. The van der Waals surface area contributed by atoms with Crippen molar-refractivity contribution in [2.24, 2.45) is 0 Å². The molecule has 1 aliphatic carbocycles. The van der Waals surface area contributed by atoms with E-state index in [1.165, 1.54) is 7.11 Å². The van der Waals surface area contributed by atoms with Crippen LogP contribution in [0, 0.1) is 0 Å². The second-order valence-corrected chi connectivity index (χ2v) is 7.83. The molecule has 0 radical (unpaired) electrons. The molecular weight excluding hydrogens is 322 g/mol. The maximum absolute atomic E-state index is 13.0. The zero-order chi connectivity index (χ0) is 18.5. The molecule has 1 aliphatic heterocycles. The molecule has 1 spiro atoms. The molecule has 2 fully saturated rings. The predicted molar refractivity (Wildman–Crippen MR) is 94.1 cm³/mol. The van der Waals surface area contributed by atoms with Gasteiger partial charge in [0.05, 0.1) is 19.3 Å². The Morgan fingerprint density at radius 3 is 2.44 bits per heavy atom. The third-order valence-electron chi connectivity index (χ3n) is 5.30. The summed E-state index contributed by atoms with van der Waals surface area (Å²) in [4.78, 5) is 26.7. The van der Waals surface area contributed by atoms with Crippen molar-refractivity contribution < 1.29 is 23.8 Å². The zero-order valence-corrected chi connectivity index (χ0v) is 16.1. The first-order chi connectivity index (χ1) is 11.9. The molecule has 1 saturated carbocycles. The van der Waals surface area contributed by atoms with E-state index in [-0.39, 0.29) is 0 Å². The van der Waals surface area contributed by atoms with Gasteiger partial charge >= 0.3 is 12.1 Å². The number of hydrogen-bond acceptors (Lipinski definition) is 5. The van der Waals surface area contributed by atoms with Gasteiger partial charge < -0.3 is 14.2 Å². The fourth-order valence-electron chi connectivity index (χ4n) is 3.99. The van der Waals surface area contributed by atoms with Crippen LogP contribution in [0.4, 0.5) is 4.79 Å². The van der Waals surface area contributed by atoms with E-state index >= 15 is 0 Å². The van der Waals surface area contributed by atoms with Crippen molar-refractivity contribution in [3.8, 4) is 0 Å². The predicted octanol–water partition coefficient (Wildman–Crippen LogP) is 4.02. The Balaban J connectivity index is 2.06. The maximum atomic E-state index is 13.0. The maximum Gasteiger partial charge on any atom is 0.413 e. The molecular formula is C19H33NO5. The smallest absolute Gasteiger partial charge is 0.413 e. The number of rotatable bonds is 7. The molecule has 144 valence electrons. The Hall–Kier alpha value is -1.30. The van der Waals surface area contributed by atoms with Gasteiger partial charge in [0, 0.05) is 0 Å². The van der Waals surface area contributed by atoms with E-state index in [0.717, 1.165) is 51.4 Å². The van der Waals surface area contributed by atoms with Gasteiger partial charge in [-0.15, -0.1) is 0 Å². The quantitative estimate of drug-likeness (QED) is 0.510. The summed E-state index contributed by atoms with van der Waals surface area (Å²) < 4.78 is 16.5. The van der Waals surface area contributed by atoms with Crippen molar-refractivity contribution in [1.82, 2.24) is 4.90 Å². The van der Waals surface area contributed by atoms with Gasteiger partial charge in [0.15, 0.2) is 0 Å². The number of methoxy groups -OCH3 is 1. The van der Waals surface area contributed by atoms with Crippen LogP contribution in [0.25, 0.3) is 0 Å². The summed E-state index contributed by atoms with van der Waals surface area (Å²) in [6.45, 7) is 6.58. The number of ether oxygens (including phenoxy) is 3. The van der Waals surface area contributed by atoms with Gasteiger partial charge in [-0.1, -0.05) is 26.2 Å². The second kappa shape index (κ2) is 8.39. The van der Waals surface area contributed by atoms with E-state index in [9.17, 15) is 9.59 Å². The first-order valence-corrected chi connectivity index (χ1v) is 9.59. The lowest BCUT2D eigenvalue weighted by Gasteiger charge is -2.39. The molecule has 0 bridgehead atoms. The average Bonchev–Trinajstić information content (AvgIpc) is 3.14. The van der Waals surface area contributed by atoms with Gasteiger partial charge in [0.1, 0.15) is 5.72 Å².